The molecule has 0 aliphatic heterocycles. The first-order chi connectivity index (χ1) is 11.8. The van der Waals surface area contributed by atoms with E-state index in [1.54, 1.807) is 0 Å². The molecule has 0 spiro atoms. The predicted molar refractivity (Wildman–Crippen MR) is 98.1 cm³/mol. The van der Waals surface area contributed by atoms with Crippen LogP contribution >= 0.6 is 23.2 Å². The fourth-order valence-electron chi connectivity index (χ4n) is 2.22. The van der Waals surface area contributed by atoms with E-state index in [0.717, 1.165) is 11.1 Å². The Labute approximate surface area is 155 Å². The van der Waals surface area contributed by atoms with Crippen LogP contribution in [-0.4, -0.2) is 26.3 Å². The van der Waals surface area contributed by atoms with Crippen molar-refractivity contribution in [2.24, 2.45) is 0 Å². The number of benzene rings is 1. The van der Waals surface area contributed by atoms with E-state index in [4.69, 9.17) is 23.2 Å². The molecule has 0 radical (unpaired) electrons. The van der Waals surface area contributed by atoms with E-state index in [1.807, 2.05) is 38.1 Å². The summed E-state index contributed by atoms with van der Waals surface area (Å²) < 4.78 is 13.4. The van der Waals surface area contributed by atoms with Crippen LogP contribution in [0, 0.1) is 6.92 Å². The lowest BCUT2D eigenvalue weighted by molar-refractivity contribution is 0.223. The zero-order valence-electron chi connectivity index (χ0n) is 13.9. The van der Waals surface area contributed by atoms with E-state index in [2.05, 4.69) is 25.6 Å². The van der Waals surface area contributed by atoms with E-state index in [0.29, 0.717) is 0 Å². The maximum atomic E-state index is 14.0. The molecule has 0 amide bonds. The molecule has 2 aromatic rings. The van der Waals surface area contributed by atoms with Gasteiger partial charge in [-0.05, 0) is 31.9 Å². The molecule has 0 saturated heterocycles. The minimum Gasteiger partial charge on any atom is -0.374 e. The lowest BCUT2D eigenvalue weighted by Gasteiger charge is -2.17. The molecule has 0 aliphatic rings. The SMILES string of the molecule is Cc1ccccc1C(C)Nc1nc(NC(C)O)nc(C(F)=C(Cl)Cl)n1. The number of halogens is 3. The number of hydrogen-bond acceptors (Lipinski definition) is 6. The monoisotopic (exact) mass is 385 g/mol. The Morgan fingerprint density at radius 2 is 1.68 bits per heavy atom. The van der Waals surface area contributed by atoms with Gasteiger partial charge < -0.3 is 15.7 Å². The van der Waals surface area contributed by atoms with Crippen molar-refractivity contribution < 1.29 is 9.50 Å². The van der Waals surface area contributed by atoms with Gasteiger partial charge in [0, 0.05) is 0 Å². The van der Waals surface area contributed by atoms with Crippen molar-refractivity contribution in [3.63, 3.8) is 0 Å². The second-order valence-corrected chi connectivity index (χ2v) is 6.37. The summed E-state index contributed by atoms with van der Waals surface area (Å²) >= 11 is 11.0. The Bertz CT molecular complexity index is 781. The maximum absolute atomic E-state index is 14.0. The van der Waals surface area contributed by atoms with Gasteiger partial charge >= 0.3 is 0 Å². The van der Waals surface area contributed by atoms with Crippen LogP contribution in [0.1, 0.15) is 36.8 Å². The van der Waals surface area contributed by atoms with Crippen molar-refractivity contribution >= 4 is 40.9 Å². The van der Waals surface area contributed by atoms with Crippen LogP contribution in [0.25, 0.3) is 5.83 Å². The first kappa shape index (κ1) is 19.4. The van der Waals surface area contributed by atoms with Gasteiger partial charge in [-0.1, -0.05) is 47.5 Å². The number of nitrogens with zero attached hydrogens (tertiary/aromatic N) is 3. The van der Waals surface area contributed by atoms with Crippen molar-refractivity contribution in [2.75, 3.05) is 10.6 Å². The number of anilines is 2. The van der Waals surface area contributed by atoms with Gasteiger partial charge in [-0.25, -0.2) is 4.39 Å². The van der Waals surface area contributed by atoms with Crippen molar-refractivity contribution in [1.82, 2.24) is 15.0 Å². The Morgan fingerprint density at radius 3 is 2.24 bits per heavy atom. The molecule has 134 valence electrons. The van der Waals surface area contributed by atoms with Crippen LogP contribution in [0.3, 0.4) is 0 Å². The standard InChI is InChI=1S/C16H18Cl2FN5O/c1-8-6-4-5-7-11(8)9(2)20-15-22-14(12(19)13(17)18)23-16(24-15)21-10(3)25/h4-7,9-10,25H,1-3H3,(H2,20,21,22,23,24). The van der Waals surface area contributed by atoms with E-state index in [9.17, 15) is 9.50 Å². The Kier molecular flexibility index (Phi) is 6.52. The molecule has 2 unspecified atom stereocenters. The molecule has 1 heterocycles. The molecule has 2 atom stereocenters. The summed E-state index contributed by atoms with van der Waals surface area (Å²) in [7, 11) is 0. The highest BCUT2D eigenvalue weighted by atomic mass is 35.5. The average Bonchev–Trinajstić information content (AvgIpc) is 2.53. The molecule has 3 N–H and O–H groups in total. The summed E-state index contributed by atoms with van der Waals surface area (Å²) in [6.45, 7) is 5.39. The second kappa shape index (κ2) is 8.42. The molecule has 0 saturated carbocycles. The number of nitrogens with one attached hydrogen (secondary N) is 2. The van der Waals surface area contributed by atoms with Gasteiger partial charge in [-0.3, -0.25) is 0 Å². The molecular weight excluding hydrogens is 368 g/mol. The van der Waals surface area contributed by atoms with Crippen molar-refractivity contribution in [3.8, 4) is 0 Å². The zero-order chi connectivity index (χ0) is 18.6. The van der Waals surface area contributed by atoms with Gasteiger partial charge in [0.25, 0.3) is 0 Å². The number of aryl methyl sites for hydroxylation is 1. The van der Waals surface area contributed by atoms with Crippen LogP contribution in [0.5, 0.6) is 0 Å². The summed E-state index contributed by atoms with van der Waals surface area (Å²) in [5.41, 5.74) is 2.13. The number of aliphatic hydroxyl groups is 1. The fraction of sp³-hybridized carbons (Fsp3) is 0.312. The van der Waals surface area contributed by atoms with Crippen molar-refractivity contribution in [3.05, 3.63) is 45.7 Å². The minimum atomic E-state index is -0.981. The third kappa shape index (κ3) is 5.26. The summed E-state index contributed by atoms with van der Waals surface area (Å²) in [6.07, 6.45) is -0.935. The normalized spacial score (nSPS) is 13.1. The Morgan fingerprint density at radius 1 is 1.08 bits per heavy atom. The van der Waals surface area contributed by atoms with E-state index in [-0.39, 0.29) is 23.8 Å². The average molecular weight is 386 g/mol. The lowest BCUT2D eigenvalue weighted by atomic mass is 10.0. The minimum absolute atomic E-state index is 0.00998. The van der Waals surface area contributed by atoms with Crippen LogP contribution in [0.4, 0.5) is 16.3 Å². The highest BCUT2D eigenvalue weighted by Crippen LogP contribution is 2.26. The van der Waals surface area contributed by atoms with Crippen LogP contribution < -0.4 is 10.6 Å². The molecule has 0 fully saturated rings. The summed E-state index contributed by atoms with van der Waals surface area (Å²) in [5, 5.41) is 15.1. The predicted octanol–water partition coefficient (Wildman–Crippen LogP) is 4.18. The molecule has 0 bridgehead atoms. The smallest absolute Gasteiger partial charge is 0.230 e. The van der Waals surface area contributed by atoms with Crippen molar-refractivity contribution in [1.29, 1.82) is 0 Å². The highest BCUT2D eigenvalue weighted by molar-refractivity contribution is 6.58. The fourth-order valence-corrected chi connectivity index (χ4v) is 2.39. The quantitative estimate of drug-likeness (QED) is 0.647. The first-order valence-electron chi connectivity index (χ1n) is 7.51. The number of hydrogen-bond donors (Lipinski definition) is 3. The van der Waals surface area contributed by atoms with Crippen molar-refractivity contribution in [2.45, 2.75) is 33.0 Å². The third-order valence-electron chi connectivity index (χ3n) is 3.34. The van der Waals surface area contributed by atoms with Crippen LogP contribution in [0.15, 0.2) is 28.8 Å². The molecule has 1 aromatic carbocycles. The van der Waals surface area contributed by atoms with Gasteiger partial charge in [0.2, 0.25) is 11.9 Å². The summed E-state index contributed by atoms with van der Waals surface area (Å²) in [5.74, 6) is -1.21. The summed E-state index contributed by atoms with van der Waals surface area (Å²) in [6, 6.07) is 7.69. The molecule has 9 heteroatoms. The Balaban J connectivity index is 2.37. The molecule has 1 aromatic heterocycles. The van der Waals surface area contributed by atoms with Crippen LogP contribution in [-0.2, 0) is 0 Å². The van der Waals surface area contributed by atoms with Gasteiger partial charge in [-0.15, -0.1) is 0 Å². The molecular formula is C16H18Cl2FN5O. The van der Waals surface area contributed by atoms with Gasteiger partial charge in [-0.2, -0.15) is 15.0 Å². The number of aliphatic hydroxyl groups excluding tert-OH is 1. The summed E-state index contributed by atoms with van der Waals surface area (Å²) in [4.78, 5) is 12.0. The molecule has 2 rings (SSSR count). The van der Waals surface area contributed by atoms with E-state index < -0.39 is 16.5 Å². The molecule has 25 heavy (non-hydrogen) atoms. The van der Waals surface area contributed by atoms with Crippen LogP contribution in [0.2, 0.25) is 0 Å². The van der Waals surface area contributed by atoms with E-state index in [1.165, 1.54) is 6.92 Å². The van der Waals surface area contributed by atoms with Gasteiger partial charge in [0.1, 0.15) is 10.7 Å². The Hall–Kier alpha value is -1.96. The lowest BCUT2D eigenvalue weighted by Crippen LogP contribution is -2.18. The van der Waals surface area contributed by atoms with Gasteiger partial charge in [0.05, 0.1) is 6.04 Å². The first-order valence-corrected chi connectivity index (χ1v) is 8.27. The number of aromatic nitrogens is 3. The van der Waals surface area contributed by atoms with Gasteiger partial charge in [0.15, 0.2) is 11.7 Å². The third-order valence-corrected chi connectivity index (χ3v) is 3.67. The van der Waals surface area contributed by atoms with E-state index >= 15 is 0 Å². The second-order valence-electron chi connectivity index (χ2n) is 5.42. The largest absolute Gasteiger partial charge is 0.374 e. The topological polar surface area (TPSA) is 83.0 Å². The number of rotatable bonds is 6. The molecule has 6 nitrogen and oxygen atoms in total. The molecule has 0 aliphatic carbocycles. The zero-order valence-corrected chi connectivity index (χ0v) is 15.4. The highest BCUT2D eigenvalue weighted by Gasteiger charge is 2.16. The maximum Gasteiger partial charge on any atom is 0.230 e.